The Morgan fingerprint density at radius 2 is 2.07 bits per heavy atom. The van der Waals surface area contributed by atoms with Crippen LogP contribution in [0.3, 0.4) is 0 Å². The Morgan fingerprint density at radius 1 is 1.28 bits per heavy atom. The highest BCUT2D eigenvalue weighted by Gasteiger charge is 2.19. The highest BCUT2D eigenvalue weighted by Crippen LogP contribution is 2.30. The van der Waals surface area contributed by atoms with Crippen LogP contribution in [0.1, 0.15) is 21.6 Å². The van der Waals surface area contributed by atoms with Crippen molar-refractivity contribution in [3.8, 4) is 0 Å². The predicted octanol–water partition coefficient (Wildman–Crippen LogP) is 3.52. The SMILES string of the molecule is C[S+]([O-])c1ccc(Cc2cnc(N3CCc4ccc(NC(N)=O)cc4C3)s2)cc1. The average Bonchev–Trinajstić information content (AvgIpc) is 3.16. The lowest BCUT2D eigenvalue weighted by molar-refractivity contribution is 0.259. The molecule has 0 radical (unpaired) electrons. The van der Waals surface area contributed by atoms with Crippen molar-refractivity contribution in [2.75, 3.05) is 23.0 Å². The number of nitrogens with one attached hydrogen (secondary N) is 1. The standard InChI is InChI=1S/C21H22N4O2S2/c1-29(27)19-6-2-14(3-7-19)10-18-12-23-21(28-18)25-9-8-15-4-5-17(24-20(22)26)11-16(15)13-25/h2-7,11-12H,8-10,13H2,1H3,(H3,22,24,26). The van der Waals surface area contributed by atoms with Crippen LogP contribution < -0.4 is 16.0 Å². The molecule has 2 aromatic carbocycles. The summed E-state index contributed by atoms with van der Waals surface area (Å²) in [7, 11) is 0. The lowest BCUT2D eigenvalue weighted by Crippen LogP contribution is -2.30. The van der Waals surface area contributed by atoms with Crippen LogP contribution in [0.2, 0.25) is 0 Å². The van der Waals surface area contributed by atoms with Crippen LogP contribution in [0, 0.1) is 0 Å². The minimum Gasteiger partial charge on any atom is -0.612 e. The number of urea groups is 1. The summed E-state index contributed by atoms with van der Waals surface area (Å²) in [6.07, 6.45) is 5.38. The quantitative estimate of drug-likeness (QED) is 0.610. The number of benzene rings is 2. The van der Waals surface area contributed by atoms with Gasteiger partial charge in [0, 0.05) is 36.3 Å². The van der Waals surface area contributed by atoms with Gasteiger partial charge in [0.15, 0.2) is 10.0 Å². The van der Waals surface area contributed by atoms with Gasteiger partial charge in [-0.15, -0.1) is 11.3 Å². The number of amides is 2. The number of hydrogen-bond acceptors (Lipinski definition) is 5. The van der Waals surface area contributed by atoms with E-state index in [1.807, 2.05) is 42.6 Å². The van der Waals surface area contributed by atoms with Crippen LogP contribution in [-0.2, 0) is 30.6 Å². The van der Waals surface area contributed by atoms with Crippen molar-refractivity contribution in [2.45, 2.75) is 24.3 Å². The molecule has 2 amide bonds. The van der Waals surface area contributed by atoms with Gasteiger partial charge in [-0.3, -0.25) is 0 Å². The molecule has 0 spiro atoms. The van der Waals surface area contributed by atoms with Gasteiger partial charge in [0.1, 0.15) is 6.26 Å². The van der Waals surface area contributed by atoms with E-state index >= 15 is 0 Å². The summed E-state index contributed by atoms with van der Waals surface area (Å²) >= 11 is 0.746. The van der Waals surface area contributed by atoms with E-state index in [2.05, 4.69) is 21.3 Å². The third-order valence-corrected chi connectivity index (χ3v) is 6.93. The van der Waals surface area contributed by atoms with E-state index in [1.54, 1.807) is 17.6 Å². The van der Waals surface area contributed by atoms with E-state index in [-0.39, 0.29) is 0 Å². The van der Waals surface area contributed by atoms with Gasteiger partial charge in [0.25, 0.3) is 0 Å². The first-order chi connectivity index (χ1) is 14.0. The molecule has 2 heterocycles. The molecule has 0 fully saturated rings. The molecule has 3 aromatic rings. The number of primary amides is 1. The first-order valence-electron chi connectivity index (χ1n) is 9.28. The zero-order chi connectivity index (χ0) is 20.4. The second-order valence-corrected chi connectivity index (χ2v) is 9.50. The third-order valence-electron chi connectivity index (χ3n) is 4.93. The molecule has 0 aliphatic carbocycles. The summed E-state index contributed by atoms with van der Waals surface area (Å²) in [6, 6.07) is 13.3. The second kappa shape index (κ2) is 8.44. The molecule has 150 valence electrons. The maximum Gasteiger partial charge on any atom is 0.316 e. The number of nitrogens with two attached hydrogens (primary N) is 1. The summed E-state index contributed by atoms with van der Waals surface area (Å²) in [5, 5.41) is 3.64. The largest absolute Gasteiger partial charge is 0.612 e. The van der Waals surface area contributed by atoms with Gasteiger partial charge in [-0.25, -0.2) is 9.78 Å². The van der Waals surface area contributed by atoms with E-state index in [0.29, 0.717) is 0 Å². The van der Waals surface area contributed by atoms with Crippen LogP contribution in [0.15, 0.2) is 53.6 Å². The molecule has 29 heavy (non-hydrogen) atoms. The van der Waals surface area contributed by atoms with Gasteiger partial charge in [-0.05, 0) is 58.6 Å². The normalized spacial score (nSPS) is 14.3. The van der Waals surface area contributed by atoms with E-state index in [1.165, 1.54) is 21.6 Å². The van der Waals surface area contributed by atoms with Crippen LogP contribution in [0.4, 0.5) is 15.6 Å². The molecule has 8 heteroatoms. The van der Waals surface area contributed by atoms with E-state index in [0.717, 1.165) is 41.6 Å². The smallest absolute Gasteiger partial charge is 0.316 e. The topological polar surface area (TPSA) is 94.3 Å². The number of thiazole rings is 1. The maximum absolute atomic E-state index is 11.5. The molecule has 4 rings (SSSR count). The van der Waals surface area contributed by atoms with Crippen molar-refractivity contribution in [1.29, 1.82) is 0 Å². The molecular weight excluding hydrogens is 404 g/mol. The Balaban J connectivity index is 1.45. The number of anilines is 2. The average molecular weight is 427 g/mol. The molecule has 1 aromatic heterocycles. The van der Waals surface area contributed by atoms with Crippen molar-refractivity contribution in [2.24, 2.45) is 5.73 Å². The maximum atomic E-state index is 11.5. The minimum absolute atomic E-state index is 0.555. The fraction of sp³-hybridized carbons (Fsp3) is 0.238. The Morgan fingerprint density at radius 3 is 2.79 bits per heavy atom. The van der Waals surface area contributed by atoms with E-state index in [9.17, 15) is 9.35 Å². The Hall–Kier alpha value is -2.55. The van der Waals surface area contributed by atoms with Gasteiger partial charge in [0.2, 0.25) is 0 Å². The van der Waals surface area contributed by atoms with Gasteiger partial charge in [-0.2, -0.15) is 0 Å². The summed E-state index contributed by atoms with van der Waals surface area (Å²) in [6.45, 7) is 1.67. The predicted molar refractivity (Wildman–Crippen MR) is 118 cm³/mol. The van der Waals surface area contributed by atoms with E-state index < -0.39 is 17.2 Å². The minimum atomic E-state index is -0.953. The highest BCUT2D eigenvalue weighted by atomic mass is 32.2. The number of carbonyl (C=O) groups is 1. The molecule has 0 saturated heterocycles. The monoisotopic (exact) mass is 426 g/mol. The highest BCUT2D eigenvalue weighted by molar-refractivity contribution is 7.90. The zero-order valence-electron chi connectivity index (χ0n) is 16.1. The van der Waals surface area contributed by atoms with Crippen LogP contribution in [0.5, 0.6) is 0 Å². The number of hydrogen-bond donors (Lipinski definition) is 2. The Kier molecular flexibility index (Phi) is 5.75. The number of nitrogens with zero attached hydrogens (tertiary/aromatic N) is 2. The lowest BCUT2D eigenvalue weighted by Gasteiger charge is -2.28. The zero-order valence-corrected chi connectivity index (χ0v) is 17.7. The Bertz CT molecular complexity index is 1020. The van der Waals surface area contributed by atoms with Gasteiger partial charge in [0.05, 0.1) is 0 Å². The molecule has 1 unspecified atom stereocenters. The lowest BCUT2D eigenvalue weighted by atomic mass is 9.99. The van der Waals surface area contributed by atoms with Crippen molar-refractivity contribution in [3.05, 3.63) is 70.2 Å². The summed E-state index contributed by atoms with van der Waals surface area (Å²) in [5.41, 5.74) is 9.60. The van der Waals surface area contributed by atoms with Crippen molar-refractivity contribution >= 4 is 39.4 Å². The van der Waals surface area contributed by atoms with Crippen molar-refractivity contribution in [3.63, 3.8) is 0 Å². The summed E-state index contributed by atoms with van der Waals surface area (Å²) < 4.78 is 11.5. The van der Waals surface area contributed by atoms with Crippen LogP contribution in [0.25, 0.3) is 0 Å². The van der Waals surface area contributed by atoms with Gasteiger partial charge in [-0.1, -0.05) is 18.2 Å². The number of rotatable bonds is 5. The van der Waals surface area contributed by atoms with Crippen molar-refractivity contribution < 1.29 is 9.35 Å². The first-order valence-corrected chi connectivity index (χ1v) is 11.7. The van der Waals surface area contributed by atoms with Crippen molar-refractivity contribution in [1.82, 2.24) is 4.98 Å². The first kappa shape index (κ1) is 19.8. The number of fused-ring (bicyclic) bond motifs is 1. The van der Waals surface area contributed by atoms with E-state index in [4.69, 9.17) is 5.73 Å². The number of carbonyl (C=O) groups excluding carboxylic acids is 1. The van der Waals surface area contributed by atoms with Crippen LogP contribution >= 0.6 is 11.3 Å². The summed E-state index contributed by atoms with van der Waals surface area (Å²) in [5.74, 6) is 0. The van der Waals surface area contributed by atoms with Gasteiger partial charge >= 0.3 is 6.03 Å². The molecule has 3 N–H and O–H groups in total. The van der Waals surface area contributed by atoms with Crippen LogP contribution in [-0.4, -0.2) is 28.4 Å². The molecule has 0 bridgehead atoms. The Labute approximate surface area is 176 Å². The fourth-order valence-electron chi connectivity index (χ4n) is 3.47. The molecular formula is C21H22N4O2S2. The third kappa shape index (κ3) is 4.72. The fourth-order valence-corrected chi connectivity index (χ4v) is 4.95. The molecule has 1 aliphatic rings. The summed E-state index contributed by atoms with van der Waals surface area (Å²) in [4.78, 5) is 20.0. The molecule has 1 atom stereocenters. The number of aromatic nitrogens is 1. The second-order valence-electron chi connectivity index (χ2n) is 7.03. The molecule has 6 nitrogen and oxygen atoms in total. The molecule has 0 saturated carbocycles. The van der Waals surface area contributed by atoms with Gasteiger partial charge < -0.3 is 20.5 Å². The molecule has 1 aliphatic heterocycles.